The molecule has 0 radical (unpaired) electrons. The van der Waals surface area contributed by atoms with Crippen LogP contribution in [0.25, 0.3) is 5.57 Å². The number of aliphatic hydroxyl groups is 1. The normalized spacial score (nSPS) is 16.2. The van der Waals surface area contributed by atoms with Crippen LogP contribution in [0.15, 0.2) is 78.9 Å². The highest BCUT2D eigenvalue weighted by molar-refractivity contribution is 5.88. The summed E-state index contributed by atoms with van der Waals surface area (Å²) in [7, 11) is 0. The Morgan fingerprint density at radius 3 is 2.12 bits per heavy atom. The van der Waals surface area contributed by atoms with Crippen LogP contribution < -0.4 is 0 Å². The molecular weight excluding hydrogens is 524 g/mol. The summed E-state index contributed by atoms with van der Waals surface area (Å²) in [6, 6.07) is 18.0. The molecule has 0 bridgehead atoms. The summed E-state index contributed by atoms with van der Waals surface area (Å²) >= 11 is 0. The maximum Gasteiger partial charge on any atom is 0.336 e. The number of hydrogen-bond donors (Lipinski definition) is 1. The molecule has 0 saturated heterocycles. The molecule has 3 unspecified atom stereocenters. The molecule has 5 heteroatoms. The molecule has 0 aliphatic heterocycles. The number of ether oxygens (including phenoxy) is 2. The Hall–Kier alpha value is -3.44. The van der Waals surface area contributed by atoms with Gasteiger partial charge in [-0.1, -0.05) is 87.5 Å². The van der Waals surface area contributed by atoms with E-state index < -0.39 is 18.0 Å². The molecule has 3 rings (SSSR count). The van der Waals surface area contributed by atoms with Gasteiger partial charge in [0.05, 0.1) is 24.9 Å². The van der Waals surface area contributed by atoms with Crippen LogP contribution in [0.4, 0.5) is 0 Å². The highest BCUT2D eigenvalue weighted by Crippen LogP contribution is 2.36. The SMILES string of the molecule is C=C(C)C(=O)OCC(CCc1ccc(C2=CCC(c3ccc(CCCCC)cc3)CC2)cc1)COC(=O)C(=C)C(C)O. The number of benzene rings is 2. The fourth-order valence-corrected chi connectivity index (χ4v) is 5.18. The third-order valence-corrected chi connectivity index (χ3v) is 8.11. The third-order valence-electron chi connectivity index (χ3n) is 8.11. The van der Waals surface area contributed by atoms with Crippen molar-refractivity contribution in [2.24, 2.45) is 5.92 Å². The fraction of sp³-hybridized carbons (Fsp3) is 0.459. The predicted molar refractivity (Wildman–Crippen MR) is 170 cm³/mol. The van der Waals surface area contributed by atoms with Crippen LogP contribution in [0.1, 0.15) is 93.9 Å². The lowest BCUT2D eigenvalue weighted by molar-refractivity contribution is -0.144. The molecular formula is C37H48O5. The largest absolute Gasteiger partial charge is 0.462 e. The zero-order valence-corrected chi connectivity index (χ0v) is 25.7. The predicted octanol–water partition coefficient (Wildman–Crippen LogP) is 7.92. The van der Waals surface area contributed by atoms with Crippen molar-refractivity contribution in [2.45, 2.75) is 90.6 Å². The van der Waals surface area contributed by atoms with Gasteiger partial charge >= 0.3 is 11.9 Å². The summed E-state index contributed by atoms with van der Waals surface area (Å²) in [4.78, 5) is 24.1. The first-order chi connectivity index (χ1) is 20.2. The van der Waals surface area contributed by atoms with Gasteiger partial charge in [-0.05, 0) is 92.5 Å². The Labute approximate surface area is 252 Å². The minimum Gasteiger partial charge on any atom is -0.462 e. The maximum absolute atomic E-state index is 12.1. The van der Waals surface area contributed by atoms with Gasteiger partial charge < -0.3 is 14.6 Å². The number of esters is 2. The summed E-state index contributed by atoms with van der Waals surface area (Å²) < 4.78 is 10.7. The van der Waals surface area contributed by atoms with Crippen LogP contribution in [0.2, 0.25) is 0 Å². The number of aryl methyl sites for hydroxylation is 2. The second-order valence-electron chi connectivity index (χ2n) is 11.7. The molecule has 0 heterocycles. The lowest BCUT2D eigenvalue weighted by Crippen LogP contribution is -2.24. The van der Waals surface area contributed by atoms with Crippen molar-refractivity contribution in [1.82, 2.24) is 0 Å². The third kappa shape index (κ3) is 10.4. The van der Waals surface area contributed by atoms with E-state index in [-0.39, 0.29) is 24.7 Å². The Balaban J connectivity index is 1.53. The Morgan fingerprint density at radius 1 is 0.929 bits per heavy atom. The molecule has 0 fully saturated rings. The van der Waals surface area contributed by atoms with Crippen LogP contribution in [0.3, 0.4) is 0 Å². The van der Waals surface area contributed by atoms with E-state index in [1.54, 1.807) is 6.92 Å². The summed E-state index contributed by atoms with van der Waals surface area (Å²) in [5, 5.41) is 9.58. The fourth-order valence-electron chi connectivity index (χ4n) is 5.18. The van der Waals surface area contributed by atoms with Crippen molar-refractivity contribution in [3.8, 4) is 0 Å². The number of allylic oxidation sites excluding steroid dienone is 2. The average Bonchev–Trinajstić information content (AvgIpc) is 3.00. The van der Waals surface area contributed by atoms with Gasteiger partial charge in [0.2, 0.25) is 0 Å². The highest BCUT2D eigenvalue weighted by atomic mass is 16.5. The molecule has 1 aliphatic carbocycles. The number of carbonyl (C=O) groups is 2. The average molecular weight is 573 g/mol. The van der Waals surface area contributed by atoms with Gasteiger partial charge in [0.15, 0.2) is 0 Å². The zero-order chi connectivity index (χ0) is 30.5. The second kappa shape index (κ2) is 16.9. The van der Waals surface area contributed by atoms with Gasteiger partial charge in [-0.15, -0.1) is 0 Å². The summed E-state index contributed by atoms with van der Waals surface area (Å²) in [6.07, 6.45) is 11.1. The molecule has 3 atom stereocenters. The maximum atomic E-state index is 12.1. The van der Waals surface area contributed by atoms with E-state index >= 15 is 0 Å². The molecule has 1 aliphatic rings. The van der Waals surface area contributed by atoms with Crippen molar-refractivity contribution >= 4 is 17.5 Å². The lowest BCUT2D eigenvalue weighted by atomic mass is 9.82. The van der Waals surface area contributed by atoms with Gasteiger partial charge in [0.25, 0.3) is 0 Å². The van der Waals surface area contributed by atoms with Gasteiger partial charge in [0, 0.05) is 11.5 Å². The van der Waals surface area contributed by atoms with Crippen molar-refractivity contribution < 1.29 is 24.2 Å². The highest BCUT2D eigenvalue weighted by Gasteiger charge is 2.20. The monoisotopic (exact) mass is 572 g/mol. The molecule has 1 N–H and O–H groups in total. The van der Waals surface area contributed by atoms with Crippen LogP contribution in [-0.4, -0.2) is 36.4 Å². The van der Waals surface area contributed by atoms with Crippen molar-refractivity contribution in [1.29, 1.82) is 0 Å². The second-order valence-corrected chi connectivity index (χ2v) is 11.7. The number of aliphatic hydroxyl groups excluding tert-OH is 1. The van der Waals surface area contributed by atoms with Gasteiger partial charge in [-0.3, -0.25) is 0 Å². The molecule has 0 spiro atoms. The topological polar surface area (TPSA) is 72.8 Å². The number of carbonyl (C=O) groups excluding carboxylic acids is 2. The smallest absolute Gasteiger partial charge is 0.336 e. The van der Waals surface area contributed by atoms with Crippen molar-refractivity contribution in [3.05, 3.63) is 101 Å². The number of rotatable bonds is 16. The molecule has 5 nitrogen and oxygen atoms in total. The standard InChI is InChI=1S/C37H48O5/c1-6-7-8-9-29-12-16-32(17-13-29)34-20-22-35(23-21-34)33-18-14-30(15-19-33)10-11-31(24-41-36(39)26(2)3)25-42-37(40)27(4)28(5)38/h12-19,22,28,31,34,38H,2,4,6-11,20-21,23-25H2,1,3,5H3. The van der Waals surface area contributed by atoms with Gasteiger partial charge in [-0.2, -0.15) is 0 Å². The van der Waals surface area contributed by atoms with Crippen LogP contribution >= 0.6 is 0 Å². The summed E-state index contributed by atoms with van der Waals surface area (Å²) in [5.74, 6) is -0.720. The van der Waals surface area contributed by atoms with Crippen molar-refractivity contribution in [3.63, 3.8) is 0 Å². The first-order valence-corrected chi connectivity index (χ1v) is 15.4. The zero-order valence-electron chi connectivity index (χ0n) is 25.7. The number of hydrogen-bond acceptors (Lipinski definition) is 5. The Bertz CT molecular complexity index is 1220. The minimum atomic E-state index is -0.979. The van der Waals surface area contributed by atoms with Crippen molar-refractivity contribution in [2.75, 3.05) is 13.2 Å². The summed E-state index contributed by atoms with van der Waals surface area (Å²) in [6.45, 7) is 12.7. The van der Waals surface area contributed by atoms with Crippen LogP contribution in [0, 0.1) is 5.92 Å². The first kappa shape index (κ1) is 33.1. The van der Waals surface area contributed by atoms with E-state index in [1.807, 2.05) is 0 Å². The van der Waals surface area contributed by atoms with E-state index in [4.69, 9.17) is 9.47 Å². The quantitative estimate of drug-likeness (QED) is 0.126. The molecule has 226 valence electrons. The molecule has 42 heavy (non-hydrogen) atoms. The van der Waals surface area contributed by atoms with Crippen LogP contribution in [0.5, 0.6) is 0 Å². The van der Waals surface area contributed by atoms with Gasteiger partial charge in [-0.25, -0.2) is 9.59 Å². The first-order valence-electron chi connectivity index (χ1n) is 15.4. The van der Waals surface area contributed by atoms with Gasteiger partial charge in [0.1, 0.15) is 0 Å². The van der Waals surface area contributed by atoms with E-state index in [1.165, 1.54) is 60.4 Å². The Kier molecular flexibility index (Phi) is 13.3. The van der Waals surface area contributed by atoms with E-state index in [2.05, 4.69) is 74.7 Å². The molecule has 0 aromatic heterocycles. The molecule has 2 aromatic rings. The Morgan fingerprint density at radius 2 is 1.55 bits per heavy atom. The van der Waals surface area contributed by atoms with Crippen LogP contribution in [-0.2, 0) is 31.9 Å². The molecule has 0 amide bonds. The molecule has 2 aromatic carbocycles. The van der Waals surface area contributed by atoms with E-state index in [0.717, 1.165) is 25.7 Å². The minimum absolute atomic E-state index is 0.00215. The molecule has 0 saturated carbocycles. The lowest BCUT2D eigenvalue weighted by Gasteiger charge is -2.23. The van der Waals surface area contributed by atoms with E-state index in [0.29, 0.717) is 17.9 Å². The van der Waals surface area contributed by atoms with E-state index in [9.17, 15) is 14.7 Å². The number of unbranched alkanes of at least 4 members (excludes halogenated alkanes) is 2. The summed E-state index contributed by atoms with van der Waals surface area (Å²) in [5.41, 5.74) is 7.06.